The zero-order valence-corrected chi connectivity index (χ0v) is 11.1. The normalized spacial score (nSPS) is 20.5. The van der Waals surface area contributed by atoms with Crippen molar-refractivity contribution >= 4 is 17.6 Å². The lowest BCUT2D eigenvalue weighted by molar-refractivity contribution is -0.145. The summed E-state index contributed by atoms with van der Waals surface area (Å²) in [6.45, 7) is -0.0558. The van der Waals surface area contributed by atoms with Gasteiger partial charge in [-0.1, -0.05) is 31.4 Å². The highest BCUT2D eigenvalue weighted by atomic mass is 16.5. The molecule has 0 bridgehead atoms. The fraction of sp³-hybridized carbons (Fsp3) is 0.467. The van der Waals surface area contributed by atoms with Crippen molar-refractivity contribution in [1.82, 2.24) is 0 Å². The second kappa shape index (κ2) is 4.81. The van der Waals surface area contributed by atoms with E-state index >= 15 is 0 Å². The molecule has 1 aliphatic carbocycles. The van der Waals surface area contributed by atoms with E-state index in [1.54, 1.807) is 12.1 Å². The van der Waals surface area contributed by atoms with Gasteiger partial charge in [-0.15, -0.1) is 0 Å². The minimum atomic E-state index is -0.883. The average molecular weight is 275 g/mol. The smallest absolute Gasteiger partial charge is 0.314 e. The standard InChI is InChI=1S/C15H17NO4/c17-12-9-20-13-10(5-4-6-11(13)16-12)15(14(18)19)7-2-1-3-8-15/h4-6H,1-3,7-9H2,(H,16,17)(H,18,19). The average Bonchev–Trinajstić information content (AvgIpc) is 2.47. The number of nitrogens with one attached hydrogen (secondary N) is 1. The van der Waals surface area contributed by atoms with Crippen molar-refractivity contribution in [2.24, 2.45) is 0 Å². The van der Waals surface area contributed by atoms with Gasteiger partial charge >= 0.3 is 5.97 Å². The number of aliphatic carboxylic acids is 1. The number of carbonyl (C=O) groups is 2. The van der Waals surface area contributed by atoms with Crippen molar-refractivity contribution in [3.63, 3.8) is 0 Å². The maximum absolute atomic E-state index is 11.9. The molecule has 5 heteroatoms. The molecule has 0 saturated heterocycles. The Morgan fingerprint density at radius 1 is 1.25 bits per heavy atom. The number of carboxylic acids is 1. The van der Waals surface area contributed by atoms with Crippen LogP contribution < -0.4 is 10.1 Å². The molecule has 1 aromatic carbocycles. The van der Waals surface area contributed by atoms with Crippen LogP contribution in [0.1, 0.15) is 37.7 Å². The lowest BCUT2D eigenvalue weighted by atomic mass is 9.69. The molecular weight excluding hydrogens is 258 g/mol. The quantitative estimate of drug-likeness (QED) is 0.868. The van der Waals surface area contributed by atoms with Crippen LogP contribution in [0.25, 0.3) is 0 Å². The van der Waals surface area contributed by atoms with Crippen LogP contribution in [0.2, 0.25) is 0 Å². The van der Waals surface area contributed by atoms with Gasteiger partial charge in [0, 0.05) is 5.56 Å². The molecule has 1 amide bonds. The van der Waals surface area contributed by atoms with Gasteiger partial charge in [0.15, 0.2) is 6.61 Å². The first-order chi connectivity index (χ1) is 9.63. The summed E-state index contributed by atoms with van der Waals surface area (Å²) in [7, 11) is 0. The Morgan fingerprint density at radius 2 is 2.00 bits per heavy atom. The number of para-hydroxylation sites is 1. The van der Waals surface area contributed by atoms with E-state index in [4.69, 9.17) is 4.74 Å². The molecule has 1 heterocycles. The van der Waals surface area contributed by atoms with Crippen molar-refractivity contribution in [3.05, 3.63) is 23.8 Å². The van der Waals surface area contributed by atoms with Crippen LogP contribution in [0.3, 0.4) is 0 Å². The van der Waals surface area contributed by atoms with Crippen LogP contribution in [-0.2, 0) is 15.0 Å². The summed E-state index contributed by atoms with van der Waals surface area (Å²) in [5.74, 6) is -0.481. The fourth-order valence-corrected chi connectivity index (χ4v) is 3.25. The predicted molar refractivity (Wildman–Crippen MR) is 73.0 cm³/mol. The van der Waals surface area contributed by atoms with E-state index < -0.39 is 11.4 Å². The van der Waals surface area contributed by atoms with Gasteiger partial charge in [0.05, 0.1) is 11.1 Å². The molecule has 0 unspecified atom stereocenters. The molecule has 0 spiro atoms. The Kier molecular flexibility index (Phi) is 3.12. The van der Waals surface area contributed by atoms with Gasteiger partial charge in [-0.05, 0) is 18.9 Å². The number of ether oxygens (including phenoxy) is 1. The molecular formula is C15H17NO4. The van der Waals surface area contributed by atoms with Crippen LogP contribution in [0.5, 0.6) is 5.75 Å². The van der Waals surface area contributed by atoms with E-state index in [0.717, 1.165) is 19.3 Å². The first-order valence-corrected chi connectivity index (χ1v) is 6.93. The van der Waals surface area contributed by atoms with E-state index in [0.29, 0.717) is 29.8 Å². The highest BCUT2D eigenvalue weighted by Gasteiger charge is 2.44. The number of fused-ring (bicyclic) bond motifs is 1. The molecule has 3 rings (SSSR count). The van der Waals surface area contributed by atoms with Crippen molar-refractivity contribution in [3.8, 4) is 5.75 Å². The van der Waals surface area contributed by atoms with E-state index in [1.807, 2.05) is 6.07 Å². The lowest BCUT2D eigenvalue weighted by Crippen LogP contribution is -2.39. The monoisotopic (exact) mass is 275 g/mol. The number of carbonyl (C=O) groups excluding carboxylic acids is 1. The van der Waals surface area contributed by atoms with Crippen LogP contribution in [0.4, 0.5) is 5.69 Å². The number of hydrogen-bond donors (Lipinski definition) is 2. The van der Waals surface area contributed by atoms with Gasteiger partial charge in [-0.25, -0.2) is 0 Å². The van der Waals surface area contributed by atoms with Gasteiger partial charge in [0.25, 0.3) is 5.91 Å². The van der Waals surface area contributed by atoms with Crippen LogP contribution in [-0.4, -0.2) is 23.6 Å². The SMILES string of the molecule is O=C1COc2c(cccc2C2(C(=O)O)CCCCC2)N1. The zero-order chi connectivity index (χ0) is 14.2. The number of hydrogen-bond acceptors (Lipinski definition) is 3. The fourth-order valence-electron chi connectivity index (χ4n) is 3.25. The third kappa shape index (κ3) is 1.94. The van der Waals surface area contributed by atoms with Crippen molar-refractivity contribution < 1.29 is 19.4 Å². The number of amides is 1. The highest BCUT2D eigenvalue weighted by molar-refractivity contribution is 5.96. The van der Waals surface area contributed by atoms with Gasteiger partial charge in [0.2, 0.25) is 0 Å². The van der Waals surface area contributed by atoms with E-state index in [1.165, 1.54) is 0 Å². The number of rotatable bonds is 2. The van der Waals surface area contributed by atoms with Gasteiger partial charge < -0.3 is 15.2 Å². The molecule has 20 heavy (non-hydrogen) atoms. The summed E-state index contributed by atoms with van der Waals surface area (Å²) >= 11 is 0. The molecule has 0 aromatic heterocycles. The zero-order valence-electron chi connectivity index (χ0n) is 11.1. The first kappa shape index (κ1) is 13.0. The molecule has 0 radical (unpaired) electrons. The Bertz CT molecular complexity index is 561. The summed E-state index contributed by atoms with van der Waals surface area (Å²) in [6, 6.07) is 5.34. The van der Waals surface area contributed by atoms with Gasteiger partial charge in [-0.3, -0.25) is 9.59 Å². The van der Waals surface area contributed by atoms with Crippen molar-refractivity contribution in [2.75, 3.05) is 11.9 Å². The first-order valence-electron chi connectivity index (χ1n) is 6.93. The molecule has 106 valence electrons. The van der Waals surface area contributed by atoms with E-state index in [9.17, 15) is 14.7 Å². The number of anilines is 1. The van der Waals surface area contributed by atoms with Crippen molar-refractivity contribution in [1.29, 1.82) is 0 Å². The predicted octanol–water partition coefficient (Wildman–Crippen LogP) is 2.30. The van der Waals surface area contributed by atoms with E-state index in [2.05, 4.69) is 5.32 Å². The van der Waals surface area contributed by atoms with Gasteiger partial charge in [0.1, 0.15) is 5.75 Å². The van der Waals surface area contributed by atoms with Crippen molar-refractivity contribution in [2.45, 2.75) is 37.5 Å². The Hall–Kier alpha value is -2.04. The van der Waals surface area contributed by atoms with Crippen LogP contribution >= 0.6 is 0 Å². The molecule has 1 saturated carbocycles. The molecule has 1 aliphatic heterocycles. The van der Waals surface area contributed by atoms with E-state index in [-0.39, 0.29) is 12.5 Å². The second-order valence-electron chi connectivity index (χ2n) is 5.47. The maximum Gasteiger partial charge on any atom is 0.314 e. The Labute approximate surface area is 116 Å². The summed E-state index contributed by atoms with van der Waals surface area (Å²) in [5.41, 5.74) is 0.387. The summed E-state index contributed by atoms with van der Waals surface area (Å²) in [5, 5.41) is 12.5. The van der Waals surface area contributed by atoms with Gasteiger partial charge in [-0.2, -0.15) is 0 Å². The molecule has 5 nitrogen and oxygen atoms in total. The largest absolute Gasteiger partial charge is 0.481 e. The topological polar surface area (TPSA) is 75.6 Å². The summed E-state index contributed by atoms with van der Waals surface area (Å²) in [4.78, 5) is 23.3. The minimum absolute atomic E-state index is 0.0558. The Morgan fingerprint density at radius 3 is 2.70 bits per heavy atom. The van der Waals surface area contributed by atoms with Crippen LogP contribution in [0, 0.1) is 0 Å². The minimum Gasteiger partial charge on any atom is -0.481 e. The number of carboxylic acid groups (broad SMARTS) is 1. The third-order valence-electron chi connectivity index (χ3n) is 4.27. The highest BCUT2D eigenvalue weighted by Crippen LogP contribution is 2.46. The maximum atomic E-state index is 11.9. The summed E-state index contributed by atoms with van der Waals surface area (Å²) in [6.07, 6.45) is 4.12. The Balaban J connectivity index is 2.10. The second-order valence-corrected chi connectivity index (χ2v) is 5.47. The summed E-state index contributed by atoms with van der Waals surface area (Å²) < 4.78 is 5.52. The molecule has 0 atom stereocenters. The van der Waals surface area contributed by atoms with Crippen LogP contribution in [0.15, 0.2) is 18.2 Å². The molecule has 1 fully saturated rings. The molecule has 1 aromatic rings. The number of benzene rings is 1. The molecule has 2 aliphatic rings. The molecule has 2 N–H and O–H groups in total. The lowest BCUT2D eigenvalue weighted by Gasteiger charge is -2.36. The third-order valence-corrected chi connectivity index (χ3v) is 4.27.